The van der Waals surface area contributed by atoms with E-state index in [1.165, 1.54) is 0 Å². The number of methoxy groups -OCH3 is 1. The molecule has 1 aromatic carbocycles. The maximum absolute atomic E-state index is 5.08. The molecule has 0 aliphatic heterocycles. The molecule has 0 aliphatic rings. The van der Waals surface area contributed by atoms with Crippen LogP contribution in [0.1, 0.15) is 6.92 Å². The number of hydrogen-bond acceptors (Lipinski definition) is 3. The Bertz CT molecular complexity index is 438. The monoisotopic (exact) mass is 205 g/mol. The molecule has 4 nitrogen and oxygen atoms in total. The van der Waals surface area contributed by atoms with Crippen LogP contribution in [0.2, 0.25) is 0 Å². The van der Waals surface area contributed by atoms with Crippen molar-refractivity contribution in [3.63, 3.8) is 0 Å². The summed E-state index contributed by atoms with van der Waals surface area (Å²) in [6.45, 7) is 2.77. The van der Waals surface area contributed by atoms with Crippen LogP contribution in [0, 0.1) is 0 Å². The molecule has 0 radical (unpaired) electrons. The van der Waals surface area contributed by atoms with Gasteiger partial charge in [-0.3, -0.25) is 5.10 Å². The molecule has 1 atom stereocenters. The number of ether oxygens (including phenoxy) is 1. The van der Waals surface area contributed by atoms with Gasteiger partial charge in [-0.1, -0.05) is 12.1 Å². The molecule has 0 spiro atoms. The predicted octanol–water partition coefficient (Wildman–Crippen LogP) is 2.01. The van der Waals surface area contributed by atoms with Crippen molar-refractivity contribution in [2.24, 2.45) is 0 Å². The summed E-state index contributed by atoms with van der Waals surface area (Å²) in [7, 11) is 1.70. The summed E-state index contributed by atoms with van der Waals surface area (Å²) in [6, 6.07) is 6.36. The lowest BCUT2D eigenvalue weighted by molar-refractivity contribution is 0.190. The Morgan fingerprint density at radius 2 is 2.40 bits per heavy atom. The van der Waals surface area contributed by atoms with Crippen molar-refractivity contribution in [3.8, 4) is 0 Å². The number of nitrogens with zero attached hydrogens (tertiary/aromatic N) is 1. The lowest BCUT2D eigenvalue weighted by Crippen LogP contribution is -2.20. The first-order chi connectivity index (χ1) is 7.31. The van der Waals surface area contributed by atoms with Crippen molar-refractivity contribution >= 4 is 16.6 Å². The van der Waals surface area contributed by atoms with Crippen LogP contribution in [-0.2, 0) is 4.74 Å². The van der Waals surface area contributed by atoms with Crippen LogP contribution in [0.25, 0.3) is 10.9 Å². The number of fused-ring (bicyclic) bond motifs is 1. The minimum absolute atomic E-state index is 0.281. The van der Waals surface area contributed by atoms with E-state index in [0.717, 1.165) is 16.6 Å². The smallest absolute Gasteiger partial charge is 0.0881 e. The van der Waals surface area contributed by atoms with Crippen molar-refractivity contribution in [1.29, 1.82) is 0 Å². The van der Waals surface area contributed by atoms with Crippen LogP contribution in [0.15, 0.2) is 24.4 Å². The minimum atomic E-state index is 0.281. The number of aromatic nitrogens is 2. The minimum Gasteiger partial charge on any atom is -0.383 e. The van der Waals surface area contributed by atoms with Gasteiger partial charge in [0.15, 0.2) is 0 Å². The second-order valence-electron chi connectivity index (χ2n) is 3.64. The Morgan fingerprint density at radius 3 is 3.20 bits per heavy atom. The average Bonchev–Trinajstić information content (AvgIpc) is 2.67. The van der Waals surface area contributed by atoms with Gasteiger partial charge in [0.2, 0.25) is 0 Å². The Labute approximate surface area is 88.6 Å². The zero-order valence-electron chi connectivity index (χ0n) is 8.95. The van der Waals surface area contributed by atoms with Crippen LogP contribution >= 0.6 is 0 Å². The Balaban J connectivity index is 2.23. The second-order valence-corrected chi connectivity index (χ2v) is 3.64. The summed E-state index contributed by atoms with van der Waals surface area (Å²) in [5.74, 6) is 0. The molecule has 0 fully saturated rings. The van der Waals surface area contributed by atoms with Gasteiger partial charge in [0.05, 0.1) is 24.0 Å². The summed E-state index contributed by atoms with van der Waals surface area (Å²) < 4.78 is 5.08. The van der Waals surface area contributed by atoms with Crippen molar-refractivity contribution in [2.45, 2.75) is 13.0 Å². The number of rotatable bonds is 4. The molecule has 4 heteroatoms. The molecule has 0 aliphatic carbocycles. The molecule has 15 heavy (non-hydrogen) atoms. The van der Waals surface area contributed by atoms with Gasteiger partial charge >= 0.3 is 0 Å². The highest BCUT2D eigenvalue weighted by Gasteiger charge is 2.05. The fourth-order valence-electron chi connectivity index (χ4n) is 1.65. The number of para-hydroxylation sites is 1. The largest absolute Gasteiger partial charge is 0.383 e. The van der Waals surface area contributed by atoms with Gasteiger partial charge in [-0.2, -0.15) is 5.10 Å². The fourth-order valence-corrected chi connectivity index (χ4v) is 1.65. The van der Waals surface area contributed by atoms with Crippen LogP contribution in [0.3, 0.4) is 0 Å². The van der Waals surface area contributed by atoms with Gasteiger partial charge in [0.1, 0.15) is 0 Å². The zero-order valence-corrected chi connectivity index (χ0v) is 8.95. The second kappa shape index (κ2) is 4.31. The molecule has 2 aromatic rings. The maximum atomic E-state index is 5.08. The van der Waals surface area contributed by atoms with E-state index in [0.29, 0.717) is 6.61 Å². The van der Waals surface area contributed by atoms with Crippen LogP contribution < -0.4 is 5.32 Å². The number of anilines is 1. The SMILES string of the molecule is COCC(C)Nc1cccc2cn[nH]c12. The van der Waals surface area contributed by atoms with Crippen molar-refractivity contribution in [3.05, 3.63) is 24.4 Å². The van der Waals surface area contributed by atoms with Gasteiger partial charge in [0.25, 0.3) is 0 Å². The number of benzene rings is 1. The number of nitrogens with one attached hydrogen (secondary N) is 2. The third kappa shape index (κ3) is 2.10. The highest BCUT2D eigenvalue weighted by atomic mass is 16.5. The Kier molecular flexibility index (Phi) is 2.87. The highest BCUT2D eigenvalue weighted by Crippen LogP contribution is 2.20. The van der Waals surface area contributed by atoms with E-state index in [-0.39, 0.29) is 6.04 Å². The van der Waals surface area contributed by atoms with Gasteiger partial charge in [0, 0.05) is 18.5 Å². The van der Waals surface area contributed by atoms with Crippen molar-refractivity contribution in [1.82, 2.24) is 10.2 Å². The lowest BCUT2D eigenvalue weighted by Gasteiger charge is -2.14. The third-order valence-corrected chi connectivity index (χ3v) is 2.30. The van der Waals surface area contributed by atoms with E-state index in [2.05, 4.69) is 22.4 Å². The van der Waals surface area contributed by atoms with Crippen LogP contribution in [-0.4, -0.2) is 30.0 Å². The summed E-state index contributed by atoms with van der Waals surface area (Å²) >= 11 is 0. The standard InChI is InChI=1S/C11H15N3O/c1-8(7-15-2)13-10-5-3-4-9-6-12-14-11(9)10/h3-6,8,13H,7H2,1-2H3,(H,12,14). The first-order valence-electron chi connectivity index (χ1n) is 4.99. The van der Waals surface area contributed by atoms with E-state index in [1.807, 2.05) is 24.4 Å². The first-order valence-corrected chi connectivity index (χ1v) is 4.99. The summed E-state index contributed by atoms with van der Waals surface area (Å²) in [6.07, 6.45) is 1.82. The molecule has 1 heterocycles. The third-order valence-electron chi connectivity index (χ3n) is 2.30. The Morgan fingerprint density at radius 1 is 1.53 bits per heavy atom. The molecule has 0 saturated carbocycles. The van der Waals surface area contributed by atoms with E-state index in [9.17, 15) is 0 Å². The van der Waals surface area contributed by atoms with Crippen LogP contribution in [0.4, 0.5) is 5.69 Å². The molecule has 0 amide bonds. The Hall–Kier alpha value is -1.55. The average molecular weight is 205 g/mol. The summed E-state index contributed by atoms with van der Waals surface area (Å²) in [5.41, 5.74) is 2.11. The van der Waals surface area contributed by atoms with Gasteiger partial charge in [-0.25, -0.2) is 0 Å². The quantitative estimate of drug-likeness (QED) is 0.802. The van der Waals surface area contributed by atoms with E-state index in [1.54, 1.807) is 7.11 Å². The van der Waals surface area contributed by atoms with E-state index < -0.39 is 0 Å². The zero-order chi connectivity index (χ0) is 10.7. The topological polar surface area (TPSA) is 49.9 Å². The lowest BCUT2D eigenvalue weighted by atomic mass is 10.2. The molecule has 2 N–H and O–H groups in total. The van der Waals surface area contributed by atoms with E-state index >= 15 is 0 Å². The van der Waals surface area contributed by atoms with Gasteiger partial charge in [-0.15, -0.1) is 0 Å². The summed E-state index contributed by atoms with van der Waals surface area (Å²) in [4.78, 5) is 0. The molecule has 0 bridgehead atoms. The molecule has 80 valence electrons. The first kappa shape index (κ1) is 9.98. The molecular formula is C11H15N3O. The number of hydrogen-bond donors (Lipinski definition) is 2. The maximum Gasteiger partial charge on any atom is 0.0881 e. The van der Waals surface area contributed by atoms with Gasteiger partial charge < -0.3 is 10.1 Å². The number of H-pyrrole nitrogens is 1. The highest BCUT2D eigenvalue weighted by molar-refractivity contribution is 5.89. The van der Waals surface area contributed by atoms with Crippen molar-refractivity contribution < 1.29 is 4.74 Å². The molecule has 0 saturated heterocycles. The molecular weight excluding hydrogens is 190 g/mol. The summed E-state index contributed by atoms with van der Waals surface area (Å²) in [5, 5.41) is 11.5. The van der Waals surface area contributed by atoms with Gasteiger partial charge in [-0.05, 0) is 13.0 Å². The predicted molar refractivity (Wildman–Crippen MR) is 61.1 cm³/mol. The molecule has 1 aromatic heterocycles. The fraction of sp³-hybridized carbons (Fsp3) is 0.364. The molecule has 1 unspecified atom stereocenters. The van der Waals surface area contributed by atoms with Crippen molar-refractivity contribution in [2.75, 3.05) is 19.0 Å². The van der Waals surface area contributed by atoms with Crippen LogP contribution in [0.5, 0.6) is 0 Å². The normalized spacial score (nSPS) is 12.9. The molecule has 2 rings (SSSR count). The number of aromatic amines is 1. The van der Waals surface area contributed by atoms with E-state index in [4.69, 9.17) is 4.74 Å².